The Morgan fingerprint density at radius 3 is 3.00 bits per heavy atom. The summed E-state index contributed by atoms with van der Waals surface area (Å²) < 4.78 is 0. The second-order valence-electron chi connectivity index (χ2n) is 5.07. The molecule has 1 aromatic rings. The number of rotatable bonds is 3. The van der Waals surface area contributed by atoms with Crippen LogP contribution in [-0.4, -0.2) is 18.5 Å². The molecule has 2 N–H and O–H groups in total. The Morgan fingerprint density at radius 2 is 2.28 bits per heavy atom. The van der Waals surface area contributed by atoms with E-state index < -0.39 is 0 Å². The van der Waals surface area contributed by atoms with E-state index in [0.29, 0.717) is 0 Å². The fourth-order valence-electron chi connectivity index (χ4n) is 2.70. The first-order valence-electron chi connectivity index (χ1n) is 6.80. The van der Waals surface area contributed by atoms with Gasteiger partial charge in [0.25, 0.3) is 0 Å². The number of fused-ring (bicyclic) bond motifs is 1. The van der Waals surface area contributed by atoms with Gasteiger partial charge in [-0.2, -0.15) is 0 Å². The van der Waals surface area contributed by atoms with Crippen molar-refractivity contribution in [2.45, 2.75) is 45.6 Å². The highest BCUT2D eigenvalue weighted by Crippen LogP contribution is 2.30. The molecule has 98 valence electrons. The molecule has 1 atom stereocenters. The molecule has 18 heavy (non-hydrogen) atoms. The second-order valence-corrected chi connectivity index (χ2v) is 5.07. The Balaban J connectivity index is 2.30. The molecule has 1 aliphatic rings. The Bertz CT molecular complexity index is 442. The lowest BCUT2D eigenvalue weighted by atomic mass is 9.97. The fraction of sp³-hybridized carbons (Fsp3) is 0.533. The molecule has 3 heteroatoms. The average molecular weight is 246 g/mol. The minimum absolute atomic E-state index is 0.0760. The summed E-state index contributed by atoms with van der Waals surface area (Å²) in [6.45, 7) is 4.92. The van der Waals surface area contributed by atoms with Gasteiger partial charge in [-0.3, -0.25) is 4.79 Å². The first-order valence-corrected chi connectivity index (χ1v) is 6.80. The predicted octanol–water partition coefficient (Wildman–Crippen LogP) is 2.40. The number of carbonyl (C=O) groups excluding carboxylic acids is 1. The fourth-order valence-corrected chi connectivity index (χ4v) is 2.70. The van der Waals surface area contributed by atoms with Crippen molar-refractivity contribution in [3.8, 4) is 0 Å². The van der Waals surface area contributed by atoms with Crippen molar-refractivity contribution in [2.75, 3.05) is 11.4 Å². The van der Waals surface area contributed by atoms with Crippen LogP contribution < -0.4 is 10.6 Å². The highest BCUT2D eigenvalue weighted by molar-refractivity contribution is 5.98. The van der Waals surface area contributed by atoms with Crippen LogP contribution in [0.4, 0.5) is 5.69 Å². The van der Waals surface area contributed by atoms with E-state index in [1.165, 1.54) is 11.1 Å². The zero-order valence-corrected chi connectivity index (χ0v) is 11.3. The van der Waals surface area contributed by atoms with E-state index in [0.717, 1.165) is 37.9 Å². The number of nitrogens with zero attached hydrogens (tertiary/aromatic N) is 1. The van der Waals surface area contributed by atoms with Crippen molar-refractivity contribution >= 4 is 11.6 Å². The van der Waals surface area contributed by atoms with Gasteiger partial charge in [0.1, 0.15) is 0 Å². The number of anilines is 1. The minimum atomic E-state index is -0.361. The van der Waals surface area contributed by atoms with Crippen LogP contribution in [0, 0.1) is 6.92 Å². The molecule has 0 bridgehead atoms. The number of hydrogen-bond donors (Lipinski definition) is 1. The zero-order chi connectivity index (χ0) is 13.1. The summed E-state index contributed by atoms with van der Waals surface area (Å²) in [6.07, 6.45) is 3.79. The van der Waals surface area contributed by atoms with E-state index in [-0.39, 0.29) is 11.9 Å². The number of para-hydroxylation sites is 1. The topological polar surface area (TPSA) is 46.3 Å². The summed E-state index contributed by atoms with van der Waals surface area (Å²) in [7, 11) is 0. The molecule has 0 aliphatic carbocycles. The Hall–Kier alpha value is -1.35. The number of nitrogens with two attached hydrogens (primary N) is 1. The minimum Gasteiger partial charge on any atom is -0.320 e. The van der Waals surface area contributed by atoms with Crippen molar-refractivity contribution in [2.24, 2.45) is 5.73 Å². The summed E-state index contributed by atoms with van der Waals surface area (Å²) in [4.78, 5) is 14.3. The molecule has 1 aromatic carbocycles. The van der Waals surface area contributed by atoms with Gasteiger partial charge < -0.3 is 10.6 Å². The van der Waals surface area contributed by atoms with Crippen LogP contribution in [0.15, 0.2) is 18.2 Å². The van der Waals surface area contributed by atoms with Gasteiger partial charge in [-0.25, -0.2) is 0 Å². The van der Waals surface area contributed by atoms with Crippen LogP contribution in [0.5, 0.6) is 0 Å². The lowest BCUT2D eigenvalue weighted by Crippen LogP contribution is -2.46. The average Bonchev–Trinajstić information content (AvgIpc) is 2.38. The zero-order valence-electron chi connectivity index (χ0n) is 11.3. The predicted molar refractivity (Wildman–Crippen MR) is 74.7 cm³/mol. The molecule has 1 heterocycles. The van der Waals surface area contributed by atoms with E-state index >= 15 is 0 Å². The quantitative estimate of drug-likeness (QED) is 0.890. The van der Waals surface area contributed by atoms with Gasteiger partial charge in [0.2, 0.25) is 5.91 Å². The van der Waals surface area contributed by atoms with Crippen LogP contribution in [0.2, 0.25) is 0 Å². The molecule has 0 radical (unpaired) electrons. The molecule has 0 fully saturated rings. The standard InChI is InChI=1S/C15H22N2O/c1-3-6-13(16)15(18)17-10-5-9-12-8-4-7-11(2)14(12)17/h4,7-8,13H,3,5-6,9-10,16H2,1-2H3/t13-/m1/s1. The van der Waals surface area contributed by atoms with Crippen LogP contribution >= 0.6 is 0 Å². The lowest BCUT2D eigenvalue weighted by Gasteiger charge is -2.32. The molecule has 1 aliphatic heterocycles. The van der Waals surface area contributed by atoms with Crippen LogP contribution in [0.25, 0.3) is 0 Å². The molecular weight excluding hydrogens is 224 g/mol. The van der Waals surface area contributed by atoms with Crippen molar-refractivity contribution in [1.82, 2.24) is 0 Å². The molecule has 0 unspecified atom stereocenters. The smallest absolute Gasteiger partial charge is 0.243 e. The third-order valence-electron chi connectivity index (χ3n) is 3.60. The molecule has 0 spiro atoms. The largest absolute Gasteiger partial charge is 0.320 e. The number of benzene rings is 1. The van der Waals surface area contributed by atoms with Crippen molar-refractivity contribution in [1.29, 1.82) is 0 Å². The summed E-state index contributed by atoms with van der Waals surface area (Å²) in [6, 6.07) is 5.89. The van der Waals surface area contributed by atoms with Crippen LogP contribution in [0.1, 0.15) is 37.3 Å². The first kappa shape index (κ1) is 13.1. The number of aryl methyl sites for hydroxylation is 2. The van der Waals surface area contributed by atoms with Crippen molar-refractivity contribution in [3.63, 3.8) is 0 Å². The number of amides is 1. The van der Waals surface area contributed by atoms with Gasteiger partial charge >= 0.3 is 0 Å². The first-order chi connectivity index (χ1) is 8.65. The third-order valence-corrected chi connectivity index (χ3v) is 3.60. The molecule has 0 saturated carbocycles. The van der Waals surface area contributed by atoms with E-state index in [4.69, 9.17) is 5.73 Å². The Labute approximate surface area is 109 Å². The second kappa shape index (κ2) is 5.53. The number of carbonyl (C=O) groups is 1. The third kappa shape index (κ3) is 2.41. The number of hydrogen-bond acceptors (Lipinski definition) is 2. The summed E-state index contributed by atoms with van der Waals surface area (Å²) >= 11 is 0. The van der Waals surface area contributed by atoms with Gasteiger partial charge in [0.15, 0.2) is 0 Å². The lowest BCUT2D eigenvalue weighted by molar-refractivity contribution is -0.120. The molecular formula is C15H22N2O. The SMILES string of the molecule is CCC[C@@H](N)C(=O)N1CCCc2cccc(C)c21. The molecule has 3 nitrogen and oxygen atoms in total. The highest BCUT2D eigenvalue weighted by atomic mass is 16.2. The van der Waals surface area contributed by atoms with Gasteiger partial charge in [-0.15, -0.1) is 0 Å². The van der Waals surface area contributed by atoms with Crippen LogP contribution in [-0.2, 0) is 11.2 Å². The Morgan fingerprint density at radius 1 is 1.50 bits per heavy atom. The Kier molecular flexibility index (Phi) is 4.02. The van der Waals surface area contributed by atoms with Gasteiger partial charge in [0, 0.05) is 12.2 Å². The maximum Gasteiger partial charge on any atom is 0.243 e. The van der Waals surface area contributed by atoms with E-state index in [1.807, 2.05) is 4.90 Å². The maximum absolute atomic E-state index is 12.4. The van der Waals surface area contributed by atoms with Crippen LogP contribution in [0.3, 0.4) is 0 Å². The van der Waals surface area contributed by atoms with Crippen molar-refractivity contribution < 1.29 is 4.79 Å². The van der Waals surface area contributed by atoms with Gasteiger partial charge in [-0.05, 0) is 37.3 Å². The summed E-state index contributed by atoms with van der Waals surface area (Å²) in [5.41, 5.74) is 9.52. The van der Waals surface area contributed by atoms with E-state index in [9.17, 15) is 4.79 Å². The molecule has 0 aromatic heterocycles. The normalized spacial score (nSPS) is 16.3. The summed E-state index contributed by atoms with van der Waals surface area (Å²) in [5, 5.41) is 0. The monoisotopic (exact) mass is 246 g/mol. The van der Waals surface area contributed by atoms with Gasteiger partial charge in [-0.1, -0.05) is 31.5 Å². The van der Waals surface area contributed by atoms with E-state index in [2.05, 4.69) is 32.0 Å². The van der Waals surface area contributed by atoms with Gasteiger partial charge in [0.05, 0.1) is 6.04 Å². The summed E-state index contributed by atoms with van der Waals surface area (Å²) in [5.74, 6) is 0.0760. The maximum atomic E-state index is 12.4. The molecule has 2 rings (SSSR count). The molecule has 0 saturated heterocycles. The van der Waals surface area contributed by atoms with E-state index in [1.54, 1.807) is 0 Å². The highest BCUT2D eigenvalue weighted by Gasteiger charge is 2.27. The molecule has 1 amide bonds. The van der Waals surface area contributed by atoms with Crippen molar-refractivity contribution in [3.05, 3.63) is 29.3 Å².